The highest BCUT2D eigenvalue weighted by Crippen LogP contribution is 2.27. The highest BCUT2D eigenvalue weighted by Gasteiger charge is 2.12. The van der Waals surface area contributed by atoms with Gasteiger partial charge in [-0.05, 0) is 29.9 Å². The number of hydrogen-bond acceptors (Lipinski definition) is 1. The van der Waals surface area contributed by atoms with Crippen molar-refractivity contribution < 1.29 is 5.11 Å². The molecule has 88 valence electrons. The largest absolute Gasteiger partial charge is 0.392 e. The zero-order chi connectivity index (χ0) is 11.2. The van der Waals surface area contributed by atoms with Gasteiger partial charge < -0.3 is 5.11 Å². The molecule has 1 aliphatic carbocycles. The second kappa shape index (κ2) is 6.05. The summed E-state index contributed by atoms with van der Waals surface area (Å²) in [4.78, 5) is 0. The minimum Gasteiger partial charge on any atom is -0.392 e. The van der Waals surface area contributed by atoms with Gasteiger partial charge in [-0.3, -0.25) is 0 Å². The molecular weight excluding hydrogens is 196 g/mol. The maximum atomic E-state index is 8.96. The van der Waals surface area contributed by atoms with Gasteiger partial charge in [0.1, 0.15) is 0 Å². The molecule has 0 atom stereocenters. The van der Waals surface area contributed by atoms with Crippen LogP contribution < -0.4 is 0 Å². The van der Waals surface area contributed by atoms with E-state index in [4.69, 9.17) is 5.11 Å². The van der Waals surface area contributed by atoms with E-state index in [1.54, 1.807) is 0 Å². The van der Waals surface area contributed by atoms with E-state index in [-0.39, 0.29) is 6.61 Å². The molecule has 0 radical (unpaired) electrons. The number of aliphatic hydroxyl groups excluding tert-OH is 1. The third kappa shape index (κ3) is 3.34. The molecular formula is C15H22O. The van der Waals surface area contributed by atoms with E-state index < -0.39 is 0 Å². The molecule has 0 saturated heterocycles. The second-order valence-electron chi connectivity index (χ2n) is 5.02. The van der Waals surface area contributed by atoms with Crippen LogP contribution in [0.4, 0.5) is 0 Å². The molecule has 1 aromatic rings. The standard InChI is InChI=1S/C15H22O/c16-12-15-10-8-14(9-11-15)7-6-13-4-2-1-3-5-13/h8-11,13,16H,1-7,12H2. The van der Waals surface area contributed by atoms with Crippen LogP contribution in [0.25, 0.3) is 0 Å². The molecule has 1 aromatic carbocycles. The van der Waals surface area contributed by atoms with Crippen LogP contribution in [0.15, 0.2) is 24.3 Å². The van der Waals surface area contributed by atoms with Gasteiger partial charge >= 0.3 is 0 Å². The molecule has 16 heavy (non-hydrogen) atoms. The lowest BCUT2D eigenvalue weighted by molar-refractivity contribution is 0.282. The van der Waals surface area contributed by atoms with Crippen molar-refractivity contribution in [3.63, 3.8) is 0 Å². The molecule has 1 nitrogen and oxygen atoms in total. The van der Waals surface area contributed by atoms with E-state index in [0.29, 0.717) is 0 Å². The summed E-state index contributed by atoms with van der Waals surface area (Å²) in [6.45, 7) is 0.156. The highest BCUT2D eigenvalue weighted by molar-refractivity contribution is 5.22. The number of hydrogen-bond donors (Lipinski definition) is 1. The van der Waals surface area contributed by atoms with E-state index >= 15 is 0 Å². The van der Waals surface area contributed by atoms with Crippen molar-refractivity contribution in [3.05, 3.63) is 35.4 Å². The summed E-state index contributed by atoms with van der Waals surface area (Å²) in [5.74, 6) is 0.964. The Morgan fingerprint density at radius 3 is 2.19 bits per heavy atom. The van der Waals surface area contributed by atoms with Gasteiger partial charge in [0.05, 0.1) is 6.61 Å². The molecule has 0 spiro atoms. The molecule has 0 unspecified atom stereocenters. The first-order valence-electron chi connectivity index (χ1n) is 6.57. The SMILES string of the molecule is OCc1ccc(CCC2CCCCC2)cc1. The van der Waals surface area contributed by atoms with Crippen LogP contribution in [0, 0.1) is 5.92 Å². The summed E-state index contributed by atoms with van der Waals surface area (Å²) < 4.78 is 0. The summed E-state index contributed by atoms with van der Waals surface area (Å²) in [5, 5.41) is 8.96. The summed E-state index contributed by atoms with van der Waals surface area (Å²) >= 11 is 0. The van der Waals surface area contributed by atoms with Crippen molar-refractivity contribution in [2.24, 2.45) is 5.92 Å². The van der Waals surface area contributed by atoms with E-state index in [1.807, 2.05) is 12.1 Å². The monoisotopic (exact) mass is 218 g/mol. The first kappa shape index (κ1) is 11.7. The fraction of sp³-hybridized carbons (Fsp3) is 0.600. The lowest BCUT2D eigenvalue weighted by Gasteiger charge is -2.21. The predicted octanol–water partition coefficient (Wildman–Crippen LogP) is 3.69. The van der Waals surface area contributed by atoms with E-state index in [9.17, 15) is 0 Å². The van der Waals surface area contributed by atoms with Crippen molar-refractivity contribution in [1.82, 2.24) is 0 Å². The fourth-order valence-electron chi connectivity index (χ4n) is 2.66. The normalized spacial score (nSPS) is 17.6. The predicted molar refractivity (Wildman–Crippen MR) is 67.3 cm³/mol. The molecule has 1 N–H and O–H groups in total. The van der Waals surface area contributed by atoms with Gasteiger partial charge in [-0.25, -0.2) is 0 Å². The molecule has 1 aliphatic rings. The Morgan fingerprint density at radius 1 is 0.938 bits per heavy atom. The van der Waals surface area contributed by atoms with Crippen LogP contribution >= 0.6 is 0 Å². The summed E-state index contributed by atoms with van der Waals surface area (Å²) in [5.41, 5.74) is 2.43. The molecule has 0 amide bonds. The molecule has 0 aromatic heterocycles. The average Bonchev–Trinajstić information content (AvgIpc) is 2.38. The summed E-state index contributed by atoms with van der Waals surface area (Å²) in [7, 11) is 0. The van der Waals surface area contributed by atoms with Crippen molar-refractivity contribution in [3.8, 4) is 0 Å². The molecule has 0 aliphatic heterocycles. The smallest absolute Gasteiger partial charge is 0.0681 e. The van der Waals surface area contributed by atoms with Gasteiger partial charge in [0, 0.05) is 0 Å². The highest BCUT2D eigenvalue weighted by atomic mass is 16.3. The van der Waals surface area contributed by atoms with Gasteiger partial charge in [0.15, 0.2) is 0 Å². The van der Waals surface area contributed by atoms with Crippen LogP contribution in [0.3, 0.4) is 0 Å². The van der Waals surface area contributed by atoms with E-state index in [0.717, 1.165) is 11.5 Å². The molecule has 0 heterocycles. The van der Waals surface area contributed by atoms with Gasteiger partial charge in [-0.15, -0.1) is 0 Å². The number of aliphatic hydroxyl groups is 1. The third-order valence-electron chi connectivity index (χ3n) is 3.77. The Balaban J connectivity index is 1.79. The molecule has 1 heteroatoms. The zero-order valence-electron chi connectivity index (χ0n) is 9.99. The Hall–Kier alpha value is -0.820. The summed E-state index contributed by atoms with van der Waals surface area (Å²) in [6, 6.07) is 8.40. The molecule has 1 fully saturated rings. The molecule has 1 saturated carbocycles. The van der Waals surface area contributed by atoms with Crippen LogP contribution in [0.5, 0.6) is 0 Å². The third-order valence-corrected chi connectivity index (χ3v) is 3.77. The Kier molecular flexibility index (Phi) is 4.41. The van der Waals surface area contributed by atoms with Crippen molar-refractivity contribution >= 4 is 0 Å². The zero-order valence-corrected chi connectivity index (χ0v) is 9.99. The Labute approximate surface area is 98.5 Å². The summed E-state index contributed by atoms with van der Waals surface area (Å²) in [6.07, 6.45) is 9.75. The van der Waals surface area contributed by atoms with E-state index in [1.165, 1.54) is 50.5 Å². The van der Waals surface area contributed by atoms with Gasteiger partial charge in [-0.1, -0.05) is 56.4 Å². The van der Waals surface area contributed by atoms with Gasteiger partial charge in [0.25, 0.3) is 0 Å². The Bertz CT molecular complexity index is 296. The fourth-order valence-corrected chi connectivity index (χ4v) is 2.66. The second-order valence-corrected chi connectivity index (χ2v) is 5.02. The number of aryl methyl sites for hydroxylation is 1. The van der Waals surface area contributed by atoms with Crippen molar-refractivity contribution in [1.29, 1.82) is 0 Å². The maximum Gasteiger partial charge on any atom is 0.0681 e. The van der Waals surface area contributed by atoms with Crippen LogP contribution in [0.2, 0.25) is 0 Å². The topological polar surface area (TPSA) is 20.2 Å². The average molecular weight is 218 g/mol. The van der Waals surface area contributed by atoms with Crippen LogP contribution in [-0.2, 0) is 13.0 Å². The first-order chi connectivity index (χ1) is 7.88. The Morgan fingerprint density at radius 2 is 1.56 bits per heavy atom. The van der Waals surface area contributed by atoms with Crippen LogP contribution in [-0.4, -0.2) is 5.11 Å². The molecule has 0 bridgehead atoms. The van der Waals surface area contributed by atoms with Gasteiger partial charge in [0.2, 0.25) is 0 Å². The number of rotatable bonds is 4. The molecule has 2 rings (SSSR count). The quantitative estimate of drug-likeness (QED) is 0.817. The van der Waals surface area contributed by atoms with E-state index in [2.05, 4.69) is 12.1 Å². The maximum absolute atomic E-state index is 8.96. The van der Waals surface area contributed by atoms with Crippen molar-refractivity contribution in [2.45, 2.75) is 51.6 Å². The lowest BCUT2D eigenvalue weighted by atomic mass is 9.85. The minimum atomic E-state index is 0.156. The minimum absolute atomic E-state index is 0.156. The number of benzene rings is 1. The van der Waals surface area contributed by atoms with Gasteiger partial charge in [-0.2, -0.15) is 0 Å². The first-order valence-corrected chi connectivity index (χ1v) is 6.57. The van der Waals surface area contributed by atoms with Crippen LogP contribution in [0.1, 0.15) is 49.7 Å². The van der Waals surface area contributed by atoms with Crippen molar-refractivity contribution in [2.75, 3.05) is 0 Å². The lowest BCUT2D eigenvalue weighted by Crippen LogP contribution is -2.07.